The maximum absolute atomic E-state index is 12.4. The Labute approximate surface area is 128 Å². The number of amides is 2. The van der Waals surface area contributed by atoms with Crippen LogP contribution in [0, 0.1) is 0 Å². The van der Waals surface area contributed by atoms with Gasteiger partial charge in [-0.15, -0.1) is 0 Å². The lowest BCUT2D eigenvalue weighted by Gasteiger charge is -2.34. The molecule has 2 amide bonds. The minimum Gasteiger partial charge on any atom is -0.387 e. The van der Waals surface area contributed by atoms with E-state index in [2.05, 4.69) is 0 Å². The number of carbonyl (C=O) groups is 2. The van der Waals surface area contributed by atoms with Crippen molar-refractivity contribution in [3.63, 3.8) is 0 Å². The van der Waals surface area contributed by atoms with Gasteiger partial charge in [-0.3, -0.25) is 9.59 Å². The van der Waals surface area contributed by atoms with Gasteiger partial charge in [-0.1, -0.05) is 18.2 Å². The van der Waals surface area contributed by atoms with Crippen molar-refractivity contribution in [2.24, 2.45) is 0 Å². The minimum atomic E-state index is -0.469. The number of para-hydroxylation sites is 1. The molecule has 1 aromatic carbocycles. The Morgan fingerprint density at radius 1 is 0.955 bits per heavy atom. The molecule has 1 N–H and O–H groups in total. The van der Waals surface area contributed by atoms with Gasteiger partial charge in [0.15, 0.2) is 0 Å². The van der Waals surface area contributed by atoms with Crippen LogP contribution in [0.3, 0.4) is 0 Å². The predicted molar refractivity (Wildman–Crippen MR) is 82.2 cm³/mol. The van der Waals surface area contributed by atoms with Crippen LogP contribution in [0.25, 0.3) is 10.9 Å². The Bertz CT molecular complexity index is 687. The van der Waals surface area contributed by atoms with E-state index in [-0.39, 0.29) is 11.8 Å². The fourth-order valence-corrected chi connectivity index (χ4v) is 2.83. The Balaban J connectivity index is 1.62. The van der Waals surface area contributed by atoms with Crippen LogP contribution < -0.4 is 0 Å². The fraction of sp³-hybridized carbons (Fsp3) is 0.375. The molecule has 0 unspecified atom stereocenters. The van der Waals surface area contributed by atoms with Gasteiger partial charge in [0, 0.05) is 37.9 Å². The monoisotopic (exact) mass is 301 g/mol. The Morgan fingerprint density at radius 3 is 2.27 bits per heavy atom. The summed E-state index contributed by atoms with van der Waals surface area (Å²) < 4.78 is 1.95. The number of fused-ring (bicyclic) bond motifs is 1. The van der Waals surface area contributed by atoms with Crippen molar-refractivity contribution in [3.05, 3.63) is 36.5 Å². The molecule has 2 heterocycles. The first-order valence-electron chi connectivity index (χ1n) is 7.39. The molecule has 2 aromatic rings. The topological polar surface area (TPSA) is 65.8 Å². The third-order valence-corrected chi connectivity index (χ3v) is 4.11. The first-order chi connectivity index (χ1) is 10.7. The van der Waals surface area contributed by atoms with Crippen molar-refractivity contribution >= 4 is 22.7 Å². The molecule has 0 saturated carbocycles. The van der Waals surface area contributed by atoms with E-state index in [9.17, 15) is 9.59 Å². The van der Waals surface area contributed by atoms with Crippen LogP contribution in [0.1, 0.15) is 0 Å². The molecular weight excluding hydrogens is 282 g/mol. The zero-order valence-corrected chi connectivity index (χ0v) is 12.3. The number of rotatable bonds is 3. The quantitative estimate of drug-likeness (QED) is 0.887. The summed E-state index contributed by atoms with van der Waals surface area (Å²) in [7, 11) is 0. The van der Waals surface area contributed by atoms with E-state index < -0.39 is 6.61 Å². The molecule has 6 heteroatoms. The van der Waals surface area contributed by atoms with E-state index in [0.717, 1.165) is 10.9 Å². The van der Waals surface area contributed by atoms with Crippen molar-refractivity contribution in [1.82, 2.24) is 14.4 Å². The highest BCUT2D eigenvalue weighted by molar-refractivity contribution is 5.83. The summed E-state index contributed by atoms with van der Waals surface area (Å²) >= 11 is 0. The van der Waals surface area contributed by atoms with Gasteiger partial charge in [0.05, 0.1) is 0 Å². The maximum atomic E-state index is 12.4. The molecule has 22 heavy (non-hydrogen) atoms. The van der Waals surface area contributed by atoms with Crippen LogP contribution in [0.4, 0.5) is 0 Å². The number of hydrogen-bond donors (Lipinski definition) is 1. The molecule has 1 fully saturated rings. The molecule has 1 aliphatic heterocycles. The van der Waals surface area contributed by atoms with E-state index >= 15 is 0 Å². The summed E-state index contributed by atoms with van der Waals surface area (Å²) in [5.41, 5.74) is 1.05. The normalized spacial score (nSPS) is 15.3. The Morgan fingerprint density at radius 2 is 1.59 bits per heavy atom. The number of aliphatic hydroxyl groups excluding tert-OH is 1. The average molecular weight is 301 g/mol. The summed E-state index contributed by atoms with van der Waals surface area (Å²) in [5.74, 6) is -0.221. The SMILES string of the molecule is O=C(CO)N1CCN(C(=O)Cn2ccc3ccccc32)CC1. The first kappa shape index (κ1) is 14.6. The number of nitrogens with zero attached hydrogens (tertiary/aromatic N) is 3. The summed E-state index contributed by atoms with van der Waals surface area (Å²) in [5, 5.41) is 9.98. The van der Waals surface area contributed by atoms with Crippen LogP contribution in [-0.2, 0) is 16.1 Å². The molecule has 0 aliphatic carbocycles. The van der Waals surface area contributed by atoms with Crippen LogP contribution in [-0.4, -0.2) is 64.1 Å². The summed E-state index contributed by atoms with van der Waals surface area (Å²) in [4.78, 5) is 27.2. The van der Waals surface area contributed by atoms with Gasteiger partial charge < -0.3 is 19.5 Å². The smallest absolute Gasteiger partial charge is 0.248 e. The lowest BCUT2D eigenvalue weighted by atomic mass is 10.2. The predicted octanol–water partition coefficient (Wildman–Crippen LogP) is 0.304. The maximum Gasteiger partial charge on any atom is 0.248 e. The molecular formula is C16H19N3O3. The van der Waals surface area contributed by atoms with Crippen LogP contribution >= 0.6 is 0 Å². The number of aliphatic hydroxyl groups is 1. The molecule has 0 bridgehead atoms. The second kappa shape index (κ2) is 6.19. The molecule has 1 aliphatic rings. The molecule has 3 rings (SSSR count). The third kappa shape index (κ3) is 2.82. The van der Waals surface area contributed by atoms with E-state index in [1.807, 2.05) is 41.1 Å². The van der Waals surface area contributed by atoms with Gasteiger partial charge in [-0.2, -0.15) is 0 Å². The molecule has 1 saturated heterocycles. The first-order valence-corrected chi connectivity index (χ1v) is 7.39. The summed E-state index contributed by atoms with van der Waals surface area (Å²) in [6.45, 7) is 1.84. The van der Waals surface area contributed by atoms with Gasteiger partial charge in [-0.25, -0.2) is 0 Å². The van der Waals surface area contributed by atoms with E-state index in [0.29, 0.717) is 32.7 Å². The number of benzene rings is 1. The van der Waals surface area contributed by atoms with Crippen molar-refractivity contribution in [2.45, 2.75) is 6.54 Å². The van der Waals surface area contributed by atoms with Crippen molar-refractivity contribution in [1.29, 1.82) is 0 Å². The van der Waals surface area contributed by atoms with Gasteiger partial charge in [-0.05, 0) is 17.5 Å². The fourth-order valence-electron chi connectivity index (χ4n) is 2.83. The van der Waals surface area contributed by atoms with E-state index in [4.69, 9.17) is 5.11 Å². The number of carbonyl (C=O) groups excluding carboxylic acids is 2. The standard InChI is InChI=1S/C16H19N3O3/c20-12-16(22)18-9-7-17(8-10-18)15(21)11-19-6-5-13-3-1-2-4-14(13)19/h1-6,20H,7-12H2. The molecule has 0 spiro atoms. The van der Waals surface area contributed by atoms with Crippen molar-refractivity contribution in [2.75, 3.05) is 32.8 Å². The third-order valence-electron chi connectivity index (χ3n) is 4.11. The van der Waals surface area contributed by atoms with Gasteiger partial charge in [0.1, 0.15) is 13.2 Å². The van der Waals surface area contributed by atoms with E-state index in [1.54, 1.807) is 9.80 Å². The second-order valence-corrected chi connectivity index (χ2v) is 5.42. The Hall–Kier alpha value is -2.34. The van der Waals surface area contributed by atoms with Crippen molar-refractivity contribution < 1.29 is 14.7 Å². The summed E-state index contributed by atoms with van der Waals surface area (Å²) in [6.07, 6.45) is 1.92. The average Bonchev–Trinajstić information content (AvgIpc) is 2.97. The number of piperazine rings is 1. The molecule has 116 valence electrons. The highest BCUT2D eigenvalue weighted by atomic mass is 16.3. The lowest BCUT2D eigenvalue weighted by molar-refractivity contribution is -0.141. The van der Waals surface area contributed by atoms with E-state index in [1.165, 1.54) is 0 Å². The van der Waals surface area contributed by atoms with Gasteiger partial charge in [0.2, 0.25) is 11.8 Å². The van der Waals surface area contributed by atoms with Gasteiger partial charge >= 0.3 is 0 Å². The van der Waals surface area contributed by atoms with Crippen LogP contribution in [0.5, 0.6) is 0 Å². The lowest BCUT2D eigenvalue weighted by Crippen LogP contribution is -2.51. The zero-order valence-electron chi connectivity index (χ0n) is 12.3. The van der Waals surface area contributed by atoms with Crippen LogP contribution in [0.15, 0.2) is 36.5 Å². The zero-order chi connectivity index (χ0) is 15.5. The molecule has 0 atom stereocenters. The molecule has 1 aromatic heterocycles. The number of hydrogen-bond acceptors (Lipinski definition) is 3. The van der Waals surface area contributed by atoms with Crippen LogP contribution in [0.2, 0.25) is 0 Å². The van der Waals surface area contributed by atoms with Crippen molar-refractivity contribution in [3.8, 4) is 0 Å². The highest BCUT2D eigenvalue weighted by Gasteiger charge is 2.23. The Kier molecular flexibility index (Phi) is 4.11. The highest BCUT2D eigenvalue weighted by Crippen LogP contribution is 2.15. The largest absolute Gasteiger partial charge is 0.387 e. The minimum absolute atomic E-state index is 0.0532. The van der Waals surface area contributed by atoms with Gasteiger partial charge in [0.25, 0.3) is 0 Å². The summed E-state index contributed by atoms with van der Waals surface area (Å²) in [6, 6.07) is 9.96. The molecule has 0 radical (unpaired) electrons. The molecule has 6 nitrogen and oxygen atoms in total. The second-order valence-electron chi connectivity index (χ2n) is 5.42. The number of aromatic nitrogens is 1.